The molecular weight excluding hydrogens is 152 g/mol. The van der Waals surface area contributed by atoms with E-state index >= 15 is 0 Å². The standard InChI is InChI=1S/C10H12S/c1-6(2)8-5-4-7(3)9-10(8)11-9/h4-5,9-10H,1H2,2-3H3/t9?,10-/m0/s1. The van der Waals surface area contributed by atoms with E-state index in [1.165, 1.54) is 16.7 Å². The van der Waals surface area contributed by atoms with Crippen molar-refractivity contribution in [3.63, 3.8) is 0 Å². The van der Waals surface area contributed by atoms with Gasteiger partial charge in [-0.3, -0.25) is 0 Å². The summed E-state index contributed by atoms with van der Waals surface area (Å²) in [6.07, 6.45) is 4.45. The van der Waals surface area contributed by atoms with Gasteiger partial charge in [0.25, 0.3) is 0 Å². The molecule has 11 heavy (non-hydrogen) atoms. The zero-order chi connectivity index (χ0) is 8.01. The van der Waals surface area contributed by atoms with Crippen molar-refractivity contribution in [3.8, 4) is 0 Å². The van der Waals surface area contributed by atoms with Gasteiger partial charge in [-0.25, -0.2) is 0 Å². The minimum absolute atomic E-state index is 0.748. The van der Waals surface area contributed by atoms with Gasteiger partial charge in [0.2, 0.25) is 0 Å². The van der Waals surface area contributed by atoms with Crippen LogP contribution in [0.5, 0.6) is 0 Å². The molecule has 2 aliphatic rings. The van der Waals surface area contributed by atoms with Crippen molar-refractivity contribution in [2.45, 2.75) is 24.3 Å². The zero-order valence-electron chi connectivity index (χ0n) is 6.92. The molecular formula is C10H12S. The van der Waals surface area contributed by atoms with Crippen LogP contribution in [0.4, 0.5) is 0 Å². The quantitative estimate of drug-likeness (QED) is 0.537. The van der Waals surface area contributed by atoms with Crippen molar-refractivity contribution in [2.24, 2.45) is 0 Å². The van der Waals surface area contributed by atoms with Gasteiger partial charge >= 0.3 is 0 Å². The zero-order valence-corrected chi connectivity index (χ0v) is 7.74. The Morgan fingerprint density at radius 1 is 1.45 bits per heavy atom. The van der Waals surface area contributed by atoms with Gasteiger partial charge in [-0.05, 0) is 19.4 Å². The molecule has 0 bridgehead atoms. The molecule has 58 valence electrons. The van der Waals surface area contributed by atoms with Crippen molar-refractivity contribution >= 4 is 11.8 Å². The molecule has 1 aliphatic carbocycles. The lowest BCUT2D eigenvalue weighted by atomic mass is 9.95. The monoisotopic (exact) mass is 164 g/mol. The molecule has 0 aromatic carbocycles. The molecule has 1 saturated heterocycles. The van der Waals surface area contributed by atoms with Crippen molar-refractivity contribution in [1.82, 2.24) is 0 Å². The molecule has 0 spiro atoms. The Kier molecular flexibility index (Phi) is 1.50. The van der Waals surface area contributed by atoms with Crippen molar-refractivity contribution < 1.29 is 0 Å². The third-order valence-electron chi connectivity index (χ3n) is 2.27. The SMILES string of the molecule is C=C(C)C1=CC=C(C)C2S[C@@H]12. The van der Waals surface area contributed by atoms with E-state index in [1.54, 1.807) is 0 Å². The van der Waals surface area contributed by atoms with Gasteiger partial charge in [0.05, 0.1) is 0 Å². The minimum Gasteiger partial charge on any atom is -0.143 e. The summed E-state index contributed by atoms with van der Waals surface area (Å²) in [5.74, 6) is 0. The smallest absolute Gasteiger partial charge is 0.0462 e. The fraction of sp³-hybridized carbons (Fsp3) is 0.400. The largest absolute Gasteiger partial charge is 0.143 e. The van der Waals surface area contributed by atoms with E-state index in [-0.39, 0.29) is 0 Å². The maximum absolute atomic E-state index is 3.97. The Labute approximate surface area is 72.1 Å². The molecule has 0 radical (unpaired) electrons. The van der Waals surface area contributed by atoms with Crippen LogP contribution in [0.1, 0.15) is 13.8 Å². The van der Waals surface area contributed by atoms with Gasteiger partial charge in [-0.2, -0.15) is 0 Å². The molecule has 0 saturated carbocycles. The van der Waals surface area contributed by atoms with Crippen molar-refractivity contribution in [1.29, 1.82) is 0 Å². The maximum atomic E-state index is 3.97. The lowest BCUT2D eigenvalue weighted by Crippen LogP contribution is -2.04. The third-order valence-corrected chi connectivity index (χ3v) is 3.71. The van der Waals surface area contributed by atoms with E-state index in [4.69, 9.17) is 0 Å². The molecule has 0 aromatic heterocycles. The number of hydrogen-bond donors (Lipinski definition) is 0. The predicted molar refractivity (Wildman–Crippen MR) is 51.8 cm³/mol. The van der Waals surface area contributed by atoms with E-state index in [9.17, 15) is 0 Å². The van der Waals surface area contributed by atoms with Crippen LogP contribution in [0.2, 0.25) is 0 Å². The summed E-state index contributed by atoms with van der Waals surface area (Å²) in [4.78, 5) is 0. The van der Waals surface area contributed by atoms with Crippen LogP contribution in [0.3, 0.4) is 0 Å². The third kappa shape index (κ3) is 1.08. The number of thioether (sulfide) groups is 1. The fourth-order valence-electron chi connectivity index (χ4n) is 1.49. The molecule has 0 aromatic rings. The molecule has 1 heteroatoms. The molecule has 2 rings (SSSR count). The normalized spacial score (nSPS) is 33.6. The number of allylic oxidation sites excluding steroid dienone is 3. The second-order valence-electron chi connectivity index (χ2n) is 3.29. The molecule has 2 atom stereocenters. The van der Waals surface area contributed by atoms with Crippen molar-refractivity contribution in [2.75, 3.05) is 0 Å². The first-order valence-electron chi connectivity index (χ1n) is 3.90. The Hall–Kier alpha value is -0.430. The van der Waals surface area contributed by atoms with Crippen LogP contribution >= 0.6 is 11.8 Å². The summed E-state index contributed by atoms with van der Waals surface area (Å²) >= 11 is 2.05. The minimum atomic E-state index is 0.748. The second-order valence-corrected chi connectivity index (χ2v) is 4.58. The topological polar surface area (TPSA) is 0 Å². The average molecular weight is 164 g/mol. The first-order valence-corrected chi connectivity index (χ1v) is 4.84. The highest BCUT2D eigenvalue weighted by Gasteiger charge is 2.43. The van der Waals surface area contributed by atoms with E-state index in [0.29, 0.717) is 0 Å². The Morgan fingerprint density at radius 2 is 2.18 bits per heavy atom. The predicted octanol–water partition coefficient (Wildman–Crippen LogP) is 2.93. The van der Waals surface area contributed by atoms with Crippen LogP contribution in [0.15, 0.2) is 35.5 Å². The number of rotatable bonds is 1. The molecule has 0 N–H and O–H groups in total. The number of hydrogen-bond acceptors (Lipinski definition) is 1. The molecule has 1 fully saturated rings. The molecule has 1 aliphatic heterocycles. The van der Waals surface area contributed by atoms with Gasteiger partial charge in [0, 0.05) is 10.5 Å². The lowest BCUT2D eigenvalue weighted by molar-refractivity contribution is 1.05. The van der Waals surface area contributed by atoms with Gasteiger partial charge in [-0.1, -0.05) is 29.9 Å². The van der Waals surface area contributed by atoms with Crippen LogP contribution in [-0.4, -0.2) is 10.5 Å². The first-order chi connectivity index (χ1) is 5.20. The average Bonchev–Trinajstić information content (AvgIpc) is 2.66. The molecule has 1 heterocycles. The lowest BCUT2D eigenvalue weighted by Gasteiger charge is -2.08. The summed E-state index contributed by atoms with van der Waals surface area (Å²) in [5.41, 5.74) is 4.20. The highest BCUT2D eigenvalue weighted by Crippen LogP contribution is 2.53. The van der Waals surface area contributed by atoms with Gasteiger partial charge in [0.15, 0.2) is 0 Å². The molecule has 0 amide bonds. The fourth-order valence-corrected chi connectivity index (χ4v) is 2.80. The van der Waals surface area contributed by atoms with E-state index in [2.05, 4.69) is 32.6 Å². The Morgan fingerprint density at radius 3 is 2.82 bits per heavy atom. The Bertz CT molecular complexity index is 271. The molecule has 0 nitrogen and oxygen atoms in total. The van der Waals surface area contributed by atoms with Crippen molar-refractivity contribution in [3.05, 3.63) is 35.5 Å². The van der Waals surface area contributed by atoms with Crippen LogP contribution in [0.25, 0.3) is 0 Å². The van der Waals surface area contributed by atoms with E-state index < -0.39 is 0 Å². The van der Waals surface area contributed by atoms with E-state index in [1.807, 2.05) is 11.8 Å². The highest BCUT2D eigenvalue weighted by molar-refractivity contribution is 8.08. The summed E-state index contributed by atoms with van der Waals surface area (Å²) < 4.78 is 0. The van der Waals surface area contributed by atoms with Gasteiger partial charge in [-0.15, -0.1) is 11.8 Å². The Balaban J connectivity index is 2.31. The summed E-state index contributed by atoms with van der Waals surface area (Å²) in [6.45, 7) is 8.28. The second kappa shape index (κ2) is 2.28. The van der Waals surface area contributed by atoms with Crippen LogP contribution in [0, 0.1) is 0 Å². The maximum Gasteiger partial charge on any atom is 0.0462 e. The summed E-state index contributed by atoms with van der Waals surface area (Å²) in [5, 5.41) is 1.53. The highest BCUT2D eigenvalue weighted by atomic mass is 32.2. The summed E-state index contributed by atoms with van der Waals surface area (Å²) in [6, 6.07) is 0. The van der Waals surface area contributed by atoms with Crippen LogP contribution < -0.4 is 0 Å². The summed E-state index contributed by atoms with van der Waals surface area (Å²) in [7, 11) is 0. The molecule has 1 unspecified atom stereocenters. The number of fused-ring (bicyclic) bond motifs is 1. The van der Waals surface area contributed by atoms with Gasteiger partial charge in [0.1, 0.15) is 0 Å². The van der Waals surface area contributed by atoms with Crippen LogP contribution in [-0.2, 0) is 0 Å². The first kappa shape index (κ1) is 7.23. The van der Waals surface area contributed by atoms with Gasteiger partial charge < -0.3 is 0 Å². The van der Waals surface area contributed by atoms with E-state index in [0.717, 1.165) is 10.5 Å².